The highest BCUT2D eigenvalue weighted by molar-refractivity contribution is 6.30. The zero-order chi connectivity index (χ0) is 25.4. The topological polar surface area (TPSA) is 80.6 Å². The molecule has 1 aromatic carbocycles. The van der Waals surface area contributed by atoms with Gasteiger partial charge in [0.2, 0.25) is 5.91 Å². The Labute approximate surface area is 215 Å². The lowest BCUT2D eigenvalue weighted by Crippen LogP contribution is -2.65. The van der Waals surface area contributed by atoms with Gasteiger partial charge < -0.3 is 19.1 Å². The Morgan fingerprint density at radius 3 is 2.22 bits per heavy atom. The highest BCUT2D eigenvalue weighted by Crippen LogP contribution is 2.33. The van der Waals surface area contributed by atoms with E-state index < -0.39 is 5.60 Å². The van der Waals surface area contributed by atoms with Crippen LogP contribution in [0.15, 0.2) is 55.1 Å². The molecule has 5 heterocycles. The van der Waals surface area contributed by atoms with Gasteiger partial charge in [0, 0.05) is 47.7 Å². The molecule has 3 aliphatic heterocycles. The molecular formula is C27H30ClN5O3. The second kappa shape index (κ2) is 9.58. The van der Waals surface area contributed by atoms with Gasteiger partial charge in [0.15, 0.2) is 0 Å². The lowest BCUT2D eigenvalue weighted by atomic mass is 9.91. The van der Waals surface area contributed by atoms with Gasteiger partial charge in [0.1, 0.15) is 12.1 Å². The fourth-order valence-corrected chi connectivity index (χ4v) is 5.17. The number of imidazole rings is 1. The van der Waals surface area contributed by atoms with Crippen molar-refractivity contribution in [2.24, 2.45) is 0 Å². The lowest BCUT2D eigenvalue weighted by Gasteiger charge is -2.51. The molecule has 36 heavy (non-hydrogen) atoms. The maximum atomic E-state index is 13.5. The van der Waals surface area contributed by atoms with Crippen molar-refractivity contribution in [1.29, 1.82) is 0 Å². The van der Waals surface area contributed by atoms with Crippen LogP contribution in [0.1, 0.15) is 33.6 Å². The quantitative estimate of drug-likeness (QED) is 0.503. The number of piperidine rings is 2. The van der Waals surface area contributed by atoms with E-state index in [0.29, 0.717) is 18.1 Å². The van der Waals surface area contributed by atoms with Gasteiger partial charge in [0.05, 0.1) is 23.8 Å². The largest absolute Gasteiger partial charge is 0.444 e. The van der Waals surface area contributed by atoms with Crippen LogP contribution in [0.3, 0.4) is 0 Å². The summed E-state index contributed by atoms with van der Waals surface area (Å²) in [6.45, 7) is 6.79. The monoisotopic (exact) mass is 507 g/mol. The molecule has 0 N–H and O–H groups in total. The Balaban J connectivity index is 1.37. The molecule has 2 aromatic heterocycles. The molecule has 3 aromatic rings. The number of carbonyl (C=O) groups is 2. The fourth-order valence-electron chi connectivity index (χ4n) is 5.05. The summed E-state index contributed by atoms with van der Waals surface area (Å²) in [5, 5.41) is 0.652. The molecule has 0 saturated carbocycles. The van der Waals surface area contributed by atoms with Crippen LogP contribution in [-0.4, -0.2) is 67.1 Å². The third kappa shape index (κ3) is 4.95. The maximum absolute atomic E-state index is 13.5. The van der Waals surface area contributed by atoms with Crippen LogP contribution >= 0.6 is 11.6 Å². The molecule has 2 bridgehead atoms. The second-order valence-corrected chi connectivity index (χ2v) is 10.8. The van der Waals surface area contributed by atoms with Crippen LogP contribution in [0.4, 0.5) is 4.79 Å². The van der Waals surface area contributed by atoms with Crippen molar-refractivity contribution in [2.45, 2.75) is 57.8 Å². The lowest BCUT2D eigenvalue weighted by molar-refractivity contribution is -0.142. The van der Waals surface area contributed by atoms with Crippen LogP contribution in [0, 0.1) is 0 Å². The molecule has 8 nitrogen and oxygen atoms in total. The summed E-state index contributed by atoms with van der Waals surface area (Å²) < 4.78 is 7.49. The van der Waals surface area contributed by atoms with Crippen LogP contribution in [0.5, 0.6) is 0 Å². The van der Waals surface area contributed by atoms with E-state index in [2.05, 4.69) is 9.97 Å². The van der Waals surface area contributed by atoms with Crippen LogP contribution in [-0.2, 0) is 16.1 Å². The van der Waals surface area contributed by atoms with Gasteiger partial charge >= 0.3 is 6.09 Å². The molecule has 3 saturated heterocycles. The molecule has 9 heteroatoms. The molecule has 2 amide bonds. The van der Waals surface area contributed by atoms with E-state index in [9.17, 15) is 9.59 Å². The molecular weight excluding hydrogens is 478 g/mol. The fraction of sp³-hybridized carbons (Fsp3) is 0.407. The van der Waals surface area contributed by atoms with Crippen molar-refractivity contribution < 1.29 is 14.3 Å². The van der Waals surface area contributed by atoms with E-state index in [1.54, 1.807) is 23.6 Å². The number of benzene rings is 1. The molecule has 0 radical (unpaired) electrons. The molecule has 2 atom stereocenters. The zero-order valence-electron chi connectivity index (χ0n) is 20.7. The minimum absolute atomic E-state index is 0.0151. The van der Waals surface area contributed by atoms with Crippen LogP contribution in [0.2, 0.25) is 5.02 Å². The Morgan fingerprint density at radius 1 is 0.972 bits per heavy atom. The number of nitrogens with zero attached hydrogens (tertiary/aromatic N) is 5. The van der Waals surface area contributed by atoms with Gasteiger partial charge in [-0.3, -0.25) is 9.78 Å². The van der Waals surface area contributed by atoms with Gasteiger partial charge in [0.25, 0.3) is 0 Å². The van der Waals surface area contributed by atoms with Crippen molar-refractivity contribution in [3.8, 4) is 22.5 Å². The number of rotatable bonds is 4. The number of piperazine rings is 1. The standard InChI is InChI=1S/C27H30ClN5O3/c1-27(2,3)36-26(35)33-15-21-8-9-22(33)14-32(21)23(34)16-31-17-30-24(18-4-6-20(28)7-5-18)25(31)19-10-12-29-13-11-19/h4-7,10-13,17,21-22H,8-9,14-16H2,1-3H3/t21?,22-/m1/s1. The Morgan fingerprint density at radius 2 is 1.61 bits per heavy atom. The smallest absolute Gasteiger partial charge is 0.410 e. The number of fused-ring (bicyclic) bond motifs is 3. The SMILES string of the molecule is CC(C)(C)OC(=O)N1CC2CC[C@@H]1CN2C(=O)Cn1cnc(-c2ccc(Cl)cc2)c1-c1ccncc1. The number of hydrogen-bond donors (Lipinski definition) is 0. The molecule has 0 spiro atoms. The van der Waals surface area contributed by atoms with Crippen molar-refractivity contribution in [3.05, 3.63) is 60.1 Å². The Hall–Kier alpha value is -3.39. The summed E-state index contributed by atoms with van der Waals surface area (Å²) in [5.74, 6) is 0.0175. The predicted molar refractivity (Wildman–Crippen MR) is 137 cm³/mol. The summed E-state index contributed by atoms with van der Waals surface area (Å²) >= 11 is 6.09. The number of amides is 2. The summed E-state index contributed by atoms with van der Waals surface area (Å²) in [5.41, 5.74) is 2.93. The first-order chi connectivity index (χ1) is 17.2. The summed E-state index contributed by atoms with van der Waals surface area (Å²) in [4.78, 5) is 38.8. The average molecular weight is 508 g/mol. The van der Waals surface area contributed by atoms with E-state index in [0.717, 1.165) is 35.4 Å². The second-order valence-electron chi connectivity index (χ2n) is 10.4. The number of halogens is 1. The maximum Gasteiger partial charge on any atom is 0.410 e. The number of hydrogen-bond acceptors (Lipinski definition) is 5. The summed E-state index contributed by atoms with van der Waals surface area (Å²) in [6, 6.07) is 11.3. The Bertz CT molecular complexity index is 1250. The van der Waals surface area contributed by atoms with Crippen molar-refractivity contribution >= 4 is 23.6 Å². The average Bonchev–Trinajstić information content (AvgIpc) is 3.27. The highest BCUT2D eigenvalue weighted by atomic mass is 35.5. The first-order valence-corrected chi connectivity index (χ1v) is 12.6. The number of carbonyl (C=O) groups excluding carboxylic acids is 2. The van der Waals surface area contributed by atoms with Gasteiger partial charge in [-0.1, -0.05) is 23.7 Å². The minimum atomic E-state index is -0.546. The third-order valence-electron chi connectivity index (χ3n) is 6.69. The van der Waals surface area contributed by atoms with Crippen molar-refractivity contribution in [2.75, 3.05) is 13.1 Å². The minimum Gasteiger partial charge on any atom is -0.444 e. The molecule has 1 unspecified atom stereocenters. The predicted octanol–water partition coefficient (Wildman–Crippen LogP) is 4.88. The third-order valence-corrected chi connectivity index (χ3v) is 6.94. The summed E-state index contributed by atoms with van der Waals surface area (Å²) in [6.07, 6.45) is 6.64. The molecule has 3 fully saturated rings. The number of ether oxygens (including phenoxy) is 1. The molecule has 0 aliphatic carbocycles. The normalized spacial score (nSPS) is 19.4. The molecule has 3 aliphatic rings. The van der Waals surface area contributed by atoms with Crippen molar-refractivity contribution in [1.82, 2.24) is 24.3 Å². The number of pyridine rings is 1. The first kappa shape index (κ1) is 24.3. The van der Waals surface area contributed by atoms with E-state index in [4.69, 9.17) is 16.3 Å². The molecule has 188 valence electrons. The van der Waals surface area contributed by atoms with E-state index in [1.165, 1.54) is 0 Å². The van der Waals surface area contributed by atoms with Gasteiger partial charge in [-0.25, -0.2) is 9.78 Å². The van der Waals surface area contributed by atoms with Gasteiger partial charge in [-0.05, 0) is 57.9 Å². The van der Waals surface area contributed by atoms with Gasteiger partial charge in [-0.15, -0.1) is 0 Å². The van der Waals surface area contributed by atoms with E-state index in [-0.39, 0.29) is 30.6 Å². The zero-order valence-corrected chi connectivity index (χ0v) is 21.5. The highest BCUT2D eigenvalue weighted by Gasteiger charge is 2.44. The summed E-state index contributed by atoms with van der Waals surface area (Å²) in [7, 11) is 0. The first-order valence-electron chi connectivity index (χ1n) is 12.2. The van der Waals surface area contributed by atoms with E-state index in [1.807, 2.05) is 66.6 Å². The van der Waals surface area contributed by atoms with Gasteiger partial charge in [-0.2, -0.15) is 0 Å². The van der Waals surface area contributed by atoms with Crippen LogP contribution in [0.25, 0.3) is 22.5 Å². The Kier molecular flexibility index (Phi) is 6.47. The molecule has 6 rings (SSSR count). The van der Waals surface area contributed by atoms with Crippen LogP contribution < -0.4 is 0 Å². The van der Waals surface area contributed by atoms with Crippen molar-refractivity contribution in [3.63, 3.8) is 0 Å². The number of aromatic nitrogens is 3. The van der Waals surface area contributed by atoms with E-state index >= 15 is 0 Å².